The highest BCUT2D eigenvalue weighted by Gasteiger charge is 2.48. The van der Waals surface area contributed by atoms with Crippen molar-refractivity contribution in [1.82, 2.24) is 4.90 Å². The lowest BCUT2D eigenvalue weighted by Gasteiger charge is -2.33. The molecule has 0 aromatic heterocycles. The zero-order valence-electron chi connectivity index (χ0n) is 18.6. The van der Waals surface area contributed by atoms with Crippen molar-refractivity contribution in [1.29, 1.82) is 0 Å². The van der Waals surface area contributed by atoms with Crippen LogP contribution in [0.1, 0.15) is 48.3 Å². The van der Waals surface area contributed by atoms with Crippen LogP contribution < -0.4 is 4.74 Å². The van der Waals surface area contributed by atoms with Gasteiger partial charge in [0.25, 0.3) is 0 Å². The predicted octanol–water partition coefficient (Wildman–Crippen LogP) is 5.50. The van der Waals surface area contributed by atoms with Crippen molar-refractivity contribution in [2.24, 2.45) is 10.9 Å². The SMILES string of the molecule is CCCC1C2=C(N=CN(C)C2OC)C(c2ccc(OC)c(C)c2)C1c1ccccc1. The Bertz CT molecular complexity index is 951. The van der Waals surface area contributed by atoms with E-state index in [2.05, 4.69) is 67.3 Å². The van der Waals surface area contributed by atoms with E-state index in [-0.39, 0.29) is 12.1 Å². The molecule has 0 radical (unpaired) electrons. The molecule has 30 heavy (non-hydrogen) atoms. The molecule has 1 aliphatic heterocycles. The normalized spacial score (nSPS) is 25.6. The molecule has 4 heteroatoms. The lowest BCUT2D eigenvalue weighted by molar-refractivity contribution is 0.0409. The first-order valence-electron chi connectivity index (χ1n) is 10.8. The zero-order chi connectivity index (χ0) is 21.3. The second-order valence-corrected chi connectivity index (χ2v) is 8.38. The number of ether oxygens (including phenoxy) is 2. The van der Waals surface area contributed by atoms with Gasteiger partial charge >= 0.3 is 0 Å². The minimum atomic E-state index is -0.0652. The van der Waals surface area contributed by atoms with Crippen molar-refractivity contribution in [2.75, 3.05) is 21.3 Å². The number of hydrogen-bond donors (Lipinski definition) is 0. The van der Waals surface area contributed by atoms with E-state index in [0.717, 1.165) is 24.2 Å². The van der Waals surface area contributed by atoms with Crippen LogP contribution in [0.5, 0.6) is 5.75 Å². The third-order valence-electron chi connectivity index (χ3n) is 6.58. The molecule has 2 aromatic rings. The van der Waals surface area contributed by atoms with E-state index in [0.29, 0.717) is 11.8 Å². The van der Waals surface area contributed by atoms with E-state index in [1.165, 1.54) is 22.4 Å². The van der Waals surface area contributed by atoms with Crippen LogP contribution in [0.25, 0.3) is 0 Å². The fraction of sp³-hybridized carbons (Fsp3) is 0.423. The number of allylic oxidation sites excluding steroid dienone is 1. The van der Waals surface area contributed by atoms with Crippen molar-refractivity contribution in [2.45, 2.75) is 44.8 Å². The van der Waals surface area contributed by atoms with Crippen molar-refractivity contribution in [3.05, 3.63) is 76.5 Å². The maximum atomic E-state index is 5.98. The van der Waals surface area contributed by atoms with Crippen molar-refractivity contribution >= 4 is 6.34 Å². The Morgan fingerprint density at radius 3 is 2.43 bits per heavy atom. The van der Waals surface area contributed by atoms with Gasteiger partial charge < -0.3 is 14.4 Å². The predicted molar refractivity (Wildman–Crippen MR) is 122 cm³/mol. The maximum absolute atomic E-state index is 5.98. The van der Waals surface area contributed by atoms with Gasteiger partial charge in [-0.3, -0.25) is 0 Å². The Labute approximate surface area is 180 Å². The van der Waals surface area contributed by atoms with Gasteiger partial charge in [0.05, 0.1) is 19.1 Å². The van der Waals surface area contributed by atoms with E-state index in [4.69, 9.17) is 14.5 Å². The molecule has 0 saturated heterocycles. The first kappa shape index (κ1) is 20.7. The molecule has 0 spiro atoms. The number of aliphatic imine (C=N–C) groups is 1. The van der Waals surface area contributed by atoms with Crippen molar-refractivity contribution in [3.8, 4) is 5.75 Å². The van der Waals surface area contributed by atoms with Gasteiger partial charge in [-0.1, -0.05) is 55.8 Å². The molecule has 1 aliphatic carbocycles. The highest BCUT2D eigenvalue weighted by Crippen LogP contribution is 2.57. The minimum absolute atomic E-state index is 0.0652. The Hall–Kier alpha value is -2.59. The highest BCUT2D eigenvalue weighted by molar-refractivity contribution is 5.64. The Morgan fingerprint density at radius 2 is 1.80 bits per heavy atom. The van der Waals surface area contributed by atoms with Crippen LogP contribution in [0.2, 0.25) is 0 Å². The first-order chi connectivity index (χ1) is 14.6. The van der Waals surface area contributed by atoms with Gasteiger partial charge in [0.1, 0.15) is 5.75 Å². The van der Waals surface area contributed by atoms with E-state index in [9.17, 15) is 0 Å². The monoisotopic (exact) mass is 404 g/mol. The summed E-state index contributed by atoms with van der Waals surface area (Å²) in [7, 11) is 5.58. The summed E-state index contributed by atoms with van der Waals surface area (Å²) in [4.78, 5) is 7.07. The highest BCUT2D eigenvalue weighted by atomic mass is 16.5. The molecule has 0 amide bonds. The molecule has 0 saturated carbocycles. The van der Waals surface area contributed by atoms with Crippen LogP contribution >= 0.6 is 0 Å². The third kappa shape index (κ3) is 3.43. The summed E-state index contributed by atoms with van der Waals surface area (Å²) >= 11 is 0. The molecule has 4 nitrogen and oxygen atoms in total. The molecule has 0 N–H and O–H groups in total. The number of hydrogen-bond acceptors (Lipinski definition) is 4. The summed E-state index contributed by atoms with van der Waals surface area (Å²) < 4.78 is 11.5. The fourth-order valence-electron chi connectivity index (χ4n) is 5.36. The third-order valence-corrected chi connectivity index (χ3v) is 6.58. The number of nitrogens with zero attached hydrogens (tertiary/aromatic N) is 2. The first-order valence-corrected chi connectivity index (χ1v) is 10.8. The molecular formula is C26H32N2O2. The molecule has 2 aliphatic rings. The quantitative estimate of drug-likeness (QED) is 0.637. The lowest BCUT2D eigenvalue weighted by atomic mass is 9.75. The summed E-state index contributed by atoms with van der Waals surface area (Å²) in [6, 6.07) is 17.5. The molecule has 4 atom stereocenters. The van der Waals surface area contributed by atoms with E-state index < -0.39 is 0 Å². The van der Waals surface area contributed by atoms with Crippen molar-refractivity contribution in [3.63, 3.8) is 0 Å². The Kier molecular flexibility index (Phi) is 5.96. The smallest absolute Gasteiger partial charge is 0.154 e. The molecule has 0 fully saturated rings. The molecule has 1 heterocycles. The van der Waals surface area contributed by atoms with E-state index in [1.54, 1.807) is 14.2 Å². The lowest BCUT2D eigenvalue weighted by Crippen LogP contribution is -2.38. The van der Waals surface area contributed by atoms with E-state index in [1.807, 2.05) is 13.4 Å². The average Bonchev–Trinajstić information content (AvgIpc) is 3.09. The average molecular weight is 405 g/mol. The van der Waals surface area contributed by atoms with Gasteiger partial charge in [-0.05, 0) is 42.0 Å². The second-order valence-electron chi connectivity index (χ2n) is 8.38. The van der Waals surface area contributed by atoms with Gasteiger partial charge in [0.2, 0.25) is 0 Å². The molecule has 4 rings (SSSR count). The largest absolute Gasteiger partial charge is 0.496 e. The van der Waals surface area contributed by atoms with Gasteiger partial charge in [-0.2, -0.15) is 0 Å². The van der Waals surface area contributed by atoms with Gasteiger partial charge in [-0.15, -0.1) is 0 Å². The van der Waals surface area contributed by atoms with Gasteiger partial charge in [0, 0.05) is 31.6 Å². The standard InChI is InChI=1S/C26H32N2O2/c1-6-10-20-22(18-11-8-7-9-12-18)23(19-13-14-21(29-4)17(2)15-19)25-24(20)26(30-5)28(3)16-27-25/h7-9,11-16,20,22-23,26H,6,10H2,1-5H3. The number of methoxy groups -OCH3 is 2. The molecule has 2 aromatic carbocycles. The maximum Gasteiger partial charge on any atom is 0.154 e. The van der Waals surface area contributed by atoms with Crippen LogP contribution in [-0.4, -0.2) is 38.7 Å². The molecule has 158 valence electrons. The van der Waals surface area contributed by atoms with Gasteiger partial charge in [-0.25, -0.2) is 4.99 Å². The number of likely N-dealkylation sites (N-methyl/N-ethyl adjacent to an activating group) is 1. The van der Waals surface area contributed by atoms with Crippen molar-refractivity contribution < 1.29 is 9.47 Å². The summed E-state index contributed by atoms with van der Waals surface area (Å²) in [5, 5.41) is 0. The summed E-state index contributed by atoms with van der Waals surface area (Å²) in [5.74, 6) is 1.86. The minimum Gasteiger partial charge on any atom is -0.496 e. The number of benzene rings is 2. The number of aryl methyl sites for hydroxylation is 1. The van der Waals surface area contributed by atoms with Crippen LogP contribution in [0.4, 0.5) is 0 Å². The van der Waals surface area contributed by atoms with E-state index >= 15 is 0 Å². The fourth-order valence-corrected chi connectivity index (χ4v) is 5.36. The summed E-state index contributed by atoms with van der Waals surface area (Å²) in [5.41, 5.74) is 6.35. The van der Waals surface area contributed by atoms with Crippen LogP contribution in [0.15, 0.2) is 64.8 Å². The number of rotatable bonds is 6. The van der Waals surface area contributed by atoms with Crippen LogP contribution in [0.3, 0.4) is 0 Å². The summed E-state index contributed by atoms with van der Waals surface area (Å²) in [6.07, 6.45) is 4.10. The molecule has 0 bridgehead atoms. The van der Waals surface area contributed by atoms with Crippen LogP contribution in [0, 0.1) is 12.8 Å². The van der Waals surface area contributed by atoms with Crippen LogP contribution in [-0.2, 0) is 4.74 Å². The van der Waals surface area contributed by atoms with Gasteiger partial charge in [0.15, 0.2) is 6.23 Å². The second kappa shape index (κ2) is 8.65. The zero-order valence-corrected chi connectivity index (χ0v) is 18.6. The molecular weight excluding hydrogens is 372 g/mol. The Morgan fingerprint density at radius 1 is 1.03 bits per heavy atom. The summed E-state index contributed by atoms with van der Waals surface area (Å²) in [6.45, 7) is 4.38. The topological polar surface area (TPSA) is 34.1 Å². The Balaban J connectivity index is 1.91. The molecule has 4 unspecified atom stereocenters.